The lowest BCUT2D eigenvalue weighted by atomic mass is 10.0. The summed E-state index contributed by atoms with van der Waals surface area (Å²) in [6.45, 7) is 0. The van der Waals surface area contributed by atoms with Crippen molar-refractivity contribution in [3.63, 3.8) is 0 Å². The third-order valence-electron chi connectivity index (χ3n) is 2.87. The van der Waals surface area contributed by atoms with E-state index in [2.05, 4.69) is 5.32 Å². The van der Waals surface area contributed by atoms with Gasteiger partial charge in [0.1, 0.15) is 11.5 Å². The molecule has 0 atom stereocenters. The van der Waals surface area contributed by atoms with Crippen molar-refractivity contribution < 1.29 is 9.47 Å². The lowest BCUT2D eigenvalue weighted by Gasteiger charge is -2.11. The Hall–Kier alpha value is -2.27. The van der Waals surface area contributed by atoms with E-state index >= 15 is 0 Å². The minimum atomic E-state index is 0.250. The molecule has 0 aromatic heterocycles. The van der Waals surface area contributed by atoms with Gasteiger partial charge in [0, 0.05) is 17.3 Å². The van der Waals surface area contributed by atoms with Crippen molar-refractivity contribution in [3.05, 3.63) is 42.5 Å². The highest BCUT2D eigenvalue weighted by atomic mass is 32.1. The third kappa shape index (κ3) is 3.19. The van der Waals surface area contributed by atoms with E-state index in [1.54, 1.807) is 14.2 Å². The van der Waals surface area contributed by atoms with Gasteiger partial charge >= 0.3 is 0 Å². The molecule has 0 saturated heterocycles. The van der Waals surface area contributed by atoms with E-state index in [0.717, 1.165) is 28.3 Å². The van der Waals surface area contributed by atoms with Gasteiger partial charge in [-0.05, 0) is 42.0 Å². The first-order valence-electron chi connectivity index (χ1n) is 6.03. The first-order valence-corrected chi connectivity index (χ1v) is 6.44. The van der Waals surface area contributed by atoms with Crippen LogP contribution in [0.4, 0.5) is 5.69 Å². The number of anilines is 1. The van der Waals surface area contributed by atoms with Crippen molar-refractivity contribution >= 4 is 23.0 Å². The fourth-order valence-electron chi connectivity index (χ4n) is 1.91. The smallest absolute Gasteiger partial charge is 0.168 e. The van der Waals surface area contributed by atoms with Gasteiger partial charge in [-0.1, -0.05) is 12.1 Å². The molecule has 5 heteroatoms. The summed E-state index contributed by atoms with van der Waals surface area (Å²) in [5, 5.41) is 3.14. The molecule has 2 aromatic carbocycles. The maximum atomic E-state index is 5.44. The van der Waals surface area contributed by atoms with Crippen LogP contribution in [0.3, 0.4) is 0 Å². The zero-order valence-corrected chi connectivity index (χ0v) is 12.2. The number of hydrogen-bond acceptors (Lipinski definition) is 3. The monoisotopic (exact) mass is 288 g/mol. The largest absolute Gasteiger partial charge is 0.497 e. The van der Waals surface area contributed by atoms with Gasteiger partial charge in [-0.3, -0.25) is 0 Å². The van der Waals surface area contributed by atoms with Crippen LogP contribution in [0, 0.1) is 0 Å². The quantitative estimate of drug-likeness (QED) is 0.847. The van der Waals surface area contributed by atoms with E-state index in [1.165, 1.54) is 0 Å². The molecule has 2 rings (SSSR count). The van der Waals surface area contributed by atoms with Gasteiger partial charge in [0.25, 0.3) is 0 Å². The zero-order valence-electron chi connectivity index (χ0n) is 11.3. The number of methoxy groups -OCH3 is 2. The highest BCUT2D eigenvalue weighted by molar-refractivity contribution is 7.80. The number of nitrogens with one attached hydrogen (secondary N) is 1. The second-order valence-electron chi connectivity index (χ2n) is 4.13. The van der Waals surface area contributed by atoms with Gasteiger partial charge < -0.3 is 20.5 Å². The third-order valence-corrected chi connectivity index (χ3v) is 2.97. The number of ether oxygens (including phenoxy) is 2. The fourth-order valence-corrected chi connectivity index (χ4v) is 2.03. The molecular weight excluding hydrogens is 272 g/mol. The van der Waals surface area contributed by atoms with Gasteiger partial charge in [0.15, 0.2) is 5.11 Å². The summed E-state index contributed by atoms with van der Waals surface area (Å²) in [7, 11) is 3.27. The molecule has 0 fully saturated rings. The molecule has 0 aliphatic heterocycles. The molecule has 4 nitrogen and oxygen atoms in total. The number of nitrogens with two attached hydrogens (primary N) is 1. The van der Waals surface area contributed by atoms with Crippen LogP contribution in [-0.4, -0.2) is 19.3 Å². The van der Waals surface area contributed by atoms with Crippen LogP contribution >= 0.6 is 12.2 Å². The van der Waals surface area contributed by atoms with Gasteiger partial charge in [0.05, 0.1) is 14.2 Å². The van der Waals surface area contributed by atoms with Gasteiger partial charge in [0.2, 0.25) is 0 Å². The Morgan fingerprint density at radius 1 is 1.05 bits per heavy atom. The Morgan fingerprint density at radius 3 is 2.30 bits per heavy atom. The Balaban J connectivity index is 2.33. The van der Waals surface area contributed by atoms with Gasteiger partial charge in [-0.25, -0.2) is 0 Å². The normalized spacial score (nSPS) is 9.90. The number of thiocarbonyl (C=S) groups is 1. The maximum Gasteiger partial charge on any atom is 0.168 e. The first kappa shape index (κ1) is 14.1. The van der Waals surface area contributed by atoms with Crippen molar-refractivity contribution in [1.29, 1.82) is 0 Å². The molecule has 0 spiro atoms. The predicted molar refractivity (Wildman–Crippen MR) is 85.4 cm³/mol. The van der Waals surface area contributed by atoms with Crippen LogP contribution in [0.2, 0.25) is 0 Å². The number of benzene rings is 2. The molecule has 0 heterocycles. The van der Waals surface area contributed by atoms with E-state index in [-0.39, 0.29) is 5.11 Å². The van der Waals surface area contributed by atoms with Crippen LogP contribution in [0.25, 0.3) is 11.1 Å². The Morgan fingerprint density at radius 2 is 1.75 bits per heavy atom. The molecule has 0 unspecified atom stereocenters. The summed E-state index contributed by atoms with van der Waals surface area (Å²) in [4.78, 5) is 0. The molecule has 0 bridgehead atoms. The van der Waals surface area contributed by atoms with E-state index in [4.69, 9.17) is 27.4 Å². The lowest BCUT2D eigenvalue weighted by molar-refractivity contribution is 0.395. The summed E-state index contributed by atoms with van der Waals surface area (Å²) in [5.74, 6) is 1.52. The molecule has 0 aliphatic rings. The van der Waals surface area contributed by atoms with Crippen molar-refractivity contribution in [2.45, 2.75) is 0 Å². The van der Waals surface area contributed by atoms with Crippen LogP contribution in [0.5, 0.6) is 11.5 Å². The van der Waals surface area contributed by atoms with E-state index < -0.39 is 0 Å². The maximum absolute atomic E-state index is 5.44. The van der Waals surface area contributed by atoms with Crippen LogP contribution in [-0.2, 0) is 0 Å². The second kappa shape index (κ2) is 6.25. The van der Waals surface area contributed by atoms with Crippen molar-refractivity contribution in [3.8, 4) is 22.6 Å². The summed E-state index contributed by atoms with van der Waals surface area (Å²) in [5.41, 5.74) is 8.33. The highest BCUT2D eigenvalue weighted by Gasteiger charge is 2.07. The van der Waals surface area contributed by atoms with E-state index in [1.807, 2.05) is 42.5 Å². The Kier molecular flexibility index (Phi) is 4.42. The van der Waals surface area contributed by atoms with Crippen molar-refractivity contribution in [2.24, 2.45) is 5.73 Å². The summed E-state index contributed by atoms with van der Waals surface area (Å²) < 4.78 is 10.6. The molecular formula is C15H16N2O2S. The van der Waals surface area contributed by atoms with Crippen LogP contribution in [0.15, 0.2) is 42.5 Å². The Bertz CT molecular complexity index is 612. The second-order valence-corrected chi connectivity index (χ2v) is 4.57. The zero-order chi connectivity index (χ0) is 14.5. The first-order chi connectivity index (χ1) is 9.63. The summed E-state index contributed by atoms with van der Waals surface area (Å²) in [6.07, 6.45) is 0. The molecule has 104 valence electrons. The van der Waals surface area contributed by atoms with E-state index in [0.29, 0.717) is 0 Å². The molecule has 0 aliphatic carbocycles. The molecule has 3 N–H and O–H groups in total. The number of hydrogen-bond donors (Lipinski definition) is 2. The van der Waals surface area contributed by atoms with Crippen molar-refractivity contribution in [1.82, 2.24) is 0 Å². The summed E-state index contributed by atoms with van der Waals surface area (Å²) >= 11 is 4.80. The minimum Gasteiger partial charge on any atom is -0.497 e. The standard InChI is InChI=1S/C15H16N2O2S/c1-18-12-7-8-13(14(9-12)19-2)10-3-5-11(6-4-10)17-15(16)20/h3-9H,1-2H3,(H3,16,17,20). The van der Waals surface area contributed by atoms with Crippen LogP contribution < -0.4 is 20.5 Å². The van der Waals surface area contributed by atoms with Gasteiger partial charge in [-0.15, -0.1) is 0 Å². The molecule has 0 saturated carbocycles. The molecule has 0 amide bonds. The van der Waals surface area contributed by atoms with Gasteiger partial charge in [-0.2, -0.15) is 0 Å². The molecule has 0 radical (unpaired) electrons. The minimum absolute atomic E-state index is 0.250. The number of rotatable bonds is 4. The SMILES string of the molecule is COc1ccc(-c2ccc(NC(N)=S)cc2)c(OC)c1. The fraction of sp³-hybridized carbons (Fsp3) is 0.133. The molecule has 2 aromatic rings. The lowest BCUT2D eigenvalue weighted by Crippen LogP contribution is -2.18. The van der Waals surface area contributed by atoms with E-state index in [9.17, 15) is 0 Å². The average Bonchev–Trinajstić information content (AvgIpc) is 2.47. The summed E-state index contributed by atoms with van der Waals surface area (Å²) in [6, 6.07) is 13.5. The van der Waals surface area contributed by atoms with Crippen LogP contribution in [0.1, 0.15) is 0 Å². The predicted octanol–water partition coefficient (Wildman–Crippen LogP) is 3.03. The highest BCUT2D eigenvalue weighted by Crippen LogP contribution is 2.33. The molecule has 20 heavy (non-hydrogen) atoms. The topological polar surface area (TPSA) is 56.5 Å². The average molecular weight is 288 g/mol. The Labute approximate surface area is 123 Å². The van der Waals surface area contributed by atoms with Crippen molar-refractivity contribution in [2.75, 3.05) is 19.5 Å².